The van der Waals surface area contributed by atoms with Gasteiger partial charge >= 0.3 is 0 Å². The van der Waals surface area contributed by atoms with Crippen LogP contribution in [0.25, 0.3) is 0 Å². The molecule has 2 heteroatoms. The van der Waals surface area contributed by atoms with Crippen molar-refractivity contribution in [3.05, 3.63) is 34.6 Å². The minimum atomic E-state index is -0.245. The summed E-state index contributed by atoms with van der Waals surface area (Å²) in [7, 11) is 0. The van der Waals surface area contributed by atoms with Crippen LogP contribution in [0.1, 0.15) is 34.8 Å². The lowest BCUT2D eigenvalue weighted by Crippen LogP contribution is -2.02. The topological polar surface area (TPSA) is 17.1 Å². The van der Waals surface area contributed by atoms with E-state index >= 15 is 0 Å². The lowest BCUT2D eigenvalue weighted by atomic mass is 9.99. The monoisotopic (exact) mass is 180 g/mol. The molecule has 0 bridgehead atoms. The standard InChI is InChI=1S/C11H13FO/c1-4-11(13)9-5-6-10(12)8(3)7(9)2/h5-6H,4H2,1-3H3. The Kier molecular flexibility index (Phi) is 2.81. The van der Waals surface area contributed by atoms with Crippen molar-refractivity contribution in [2.45, 2.75) is 27.2 Å². The van der Waals surface area contributed by atoms with Crippen molar-refractivity contribution in [2.75, 3.05) is 0 Å². The van der Waals surface area contributed by atoms with E-state index in [1.807, 2.05) is 0 Å². The van der Waals surface area contributed by atoms with E-state index in [-0.39, 0.29) is 11.6 Å². The van der Waals surface area contributed by atoms with Crippen molar-refractivity contribution in [1.82, 2.24) is 0 Å². The van der Waals surface area contributed by atoms with E-state index in [2.05, 4.69) is 0 Å². The highest BCUT2D eigenvalue weighted by Crippen LogP contribution is 2.17. The highest BCUT2D eigenvalue weighted by atomic mass is 19.1. The number of benzene rings is 1. The zero-order chi connectivity index (χ0) is 10.0. The van der Waals surface area contributed by atoms with E-state index in [4.69, 9.17) is 0 Å². The molecule has 0 unspecified atom stereocenters. The van der Waals surface area contributed by atoms with Gasteiger partial charge in [0.2, 0.25) is 0 Å². The number of carbonyl (C=O) groups excluding carboxylic acids is 1. The molecule has 0 saturated heterocycles. The average Bonchev–Trinajstić information content (AvgIpc) is 2.13. The molecule has 1 rings (SSSR count). The van der Waals surface area contributed by atoms with Gasteiger partial charge in [0.05, 0.1) is 0 Å². The molecule has 1 nitrogen and oxygen atoms in total. The summed E-state index contributed by atoms with van der Waals surface area (Å²) in [5, 5.41) is 0. The Morgan fingerprint density at radius 3 is 2.46 bits per heavy atom. The van der Waals surface area contributed by atoms with Crippen LogP contribution >= 0.6 is 0 Å². The predicted octanol–water partition coefficient (Wildman–Crippen LogP) is 3.04. The van der Waals surface area contributed by atoms with E-state index in [0.29, 0.717) is 17.5 Å². The highest BCUT2D eigenvalue weighted by molar-refractivity contribution is 5.97. The van der Waals surface area contributed by atoms with E-state index in [1.165, 1.54) is 6.07 Å². The molecule has 0 aromatic heterocycles. The number of hydrogen-bond donors (Lipinski definition) is 0. The molecule has 0 radical (unpaired) electrons. The summed E-state index contributed by atoms with van der Waals surface area (Å²) >= 11 is 0. The third kappa shape index (κ3) is 1.77. The van der Waals surface area contributed by atoms with E-state index in [1.54, 1.807) is 26.8 Å². The number of carbonyl (C=O) groups is 1. The number of ketones is 1. The Hall–Kier alpha value is -1.18. The third-order valence-corrected chi connectivity index (χ3v) is 2.34. The largest absolute Gasteiger partial charge is 0.294 e. The molecule has 0 aliphatic heterocycles. The SMILES string of the molecule is CCC(=O)c1ccc(F)c(C)c1C. The van der Waals surface area contributed by atoms with Crippen LogP contribution in [0.5, 0.6) is 0 Å². The summed E-state index contributed by atoms with van der Waals surface area (Å²) in [6.07, 6.45) is 0.464. The zero-order valence-corrected chi connectivity index (χ0v) is 8.15. The van der Waals surface area contributed by atoms with E-state index in [9.17, 15) is 9.18 Å². The molecular formula is C11H13FO. The summed E-state index contributed by atoms with van der Waals surface area (Å²) in [4.78, 5) is 11.4. The molecule has 0 aliphatic rings. The minimum Gasteiger partial charge on any atom is -0.294 e. The van der Waals surface area contributed by atoms with Crippen LogP contribution in [0.2, 0.25) is 0 Å². The second-order valence-electron chi connectivity index (χ2n) is 3.12. The summed E-state index contributed by atoms with van der Waals surface area (Å²) in [6, 6.07) is 2.91. The summed E-state index contributed by atoms with van der Waals surface area (Å²) < 4.78 is 13.0. The fraction of sp³-hybridized carbons (Fsp3) is 0.364. The lowest BCUT2D eigenvalue weighted by molar-refractivity contribution is 0.0987. The maximum absolute atomic E-state index is 13.0. The van der Waals surface area contributed by atoms with Crippen molar-refractivity contribution in [2.24, 2.45) is 0 Å². The van der Waals surface area contributed by atoms with Gasteiger partial charge in [0.15, 0.2) is 5.78 Å². The van der Waals surface area contributed by atoms with Gasteiger partial charge in [-0.25, -0.2) is 4.39 Å². The Morgan fingerprint density at radius 1 is 1.31 bits per heavy atom. The van der Waals surface area contributed by atoms with Gasteiger partial charge in [-0.1, -0.05) is 6.92 Å². The predicted molar refractivity (Wildman–Crippen MR) is 50.5 cm³/mol. The van der Waals surface area contributed by atoms with Crippen LogP contribution in [-0.4, -0.2) is 5.78 Å². The van der Waals surface area contributed by atoms with Crippen LogP contribution in [-0.2, 0) is 0 Å². The molecule has 0 heterocycles. The molecule has 1 aromatic carbocycles. The fourth-order valence-corrected chi connectivity index (χ4v) is 1.28. The van der Waals surface area contributed by atoms with Crippen LogP contribution in [0.15, 0.2) is 12.1 Å². The lowest BCUT2D eigenvalue weighted by Gasteiger charge is -2.06. The second kappa shape index (κ2) is 3.69. The molecule has 0 N–H and O–H groups in total. The van der Waals surface area contributed by atoms with Gasteiger partial charge in [0.1, 0.15) is 5.82 Å². The summed E-state index contributed by atoms with van der Waals surface area (Å²) in [5.41, 5.74) is 1.97. The Labute approximate surface area is 77.6 Å². The van der Waals surface area contributed by atoms with Gasteiger partial charge in [-0.15, -0.1) is 0 Å². The Balaban J connectivity index is 3.26. The molecule has 0 spiro atoms. The van der Waals surface area contributed by atoms with Gasteiger partial charge in [-0.3, -0.25) is 4.79 Å². The molecule has 0 aliphatic carbocycles. The summed E-state index contributed by atoms with van der Waals surface area (Å²) in [6.45, 7) is 5.28. The molecule has 0 amide bonds. The number of Topliss-reactive ketones (excluding diaryl/α,β-unsaturated/α-hetero) is 1. The van der Waals surface area contributed by atoms with Crippen molar-refractivity contribution in [3.8, 4) is 0 Å². The van der Waals surface area contributed by atoms with Gasteiger partial charge in [0.25, 0.3) is 0 Å². The summed E-state index contributed by atoms with van der Waals surface area (Å²) in [5.74, 6) is -0.175. The van der Waals surface area contributed by atoms with Crippen LogP contribution in [0.4, 0.5) is 4.39 Å². The molecular weight excluding hydrogens is 167 g/mol. The molecule has 0 fully saturated rings. The number of hydrogen-bond acceptors (Lipinski definition) is 1. The average molecular weight is 180 g/mol. The van der Waals surface area contributed by atoms with E-state index in [0.717, 1.165) is 5.56 Å². The zero-order valence-electron chi connectivity index (χ0n) is 8.15. The Morgan fingerprint density at radius 2 is 1.92 bits per heavy atom. The smallest absolute Gasteiger partial charge is 0.162 e. The maximum atomic E-state index is 13.0. The van der Waals surface area contributed by atoms with Crippen molar-refractivity contribution in [3.63, 3.8) is 0 Å². The van der Waals surface area contributed by atoms with E-state index < -0.39 is 0 Å². The Bertz CT molecular complexity index is 342. The molecule has 0 saturated carbocycles. The second-order valence-corrected chi connectivity index (χ2v) is 3.12. The van der Waals surface area contributed by atoms with Crippen molar-refractivity contribution >= 4 is 5.78 Å². The molecule has 0 atom stereocenters. The maximum Gasteiger partial charge on any atom is 0.162 e. The molecule has 13 heavy (non-hydrogen) atoms. The van der Waals surface area contributed by atoms with Gasteiger partial charge in [-0.05, 0) is 37.1 Å². The van der Waals surface area contributed by atoms with Gasteiger partial charge in [0, 0.05) is 12.0 Å². The minimum absolute atomic E-state index is 0.0700. The normalized spacial score (nSPS) is 10.2. The first-order valence-electron chi connectivity index (χ1n) is 4.36. The van der Waals surface area contributed by atoms with Gasteiger partial charge in [-0.2, -0.15) is 0 Å². The first-order chi connectivity index (χ1) is 6.07. The number of rotatable bonds is 2. The van der Waals surface area contributed by atoms with Crippen LogP contribution in [0, 0.1) is 19.7 Å². The fourth-order valence-electron chi connectivity index (χ4n) is 1.28. The molecule has 1 aromatic rings. The van der Waals surface area contributed by atoms with Crippen molar-refractivity contribution in [1.29, 1.82) is 0 Å². The number of halogens is 1. The van der Waals surface area contributed by atoms with Crippen molar-refractivity contribution < 1.29 is 9.18 Å². The third-order valence-electron chi connectivity index (χ3n) is 2.34. The van der Waals surface area contributed by atoms with Crippen LogP contribution < -0.4 is 0 Å². The highest BCUT2D eigenvalue weighted by Gasteiger charge is 2.10. The molecule has 70 valence electrons. The van der Waals surface area contributed by atoms with Crippen LogP contribution in [0.3, 0.4) is 0 Å². The quantitative estimate of drug-likeness (QED) is 0.639. The first kappa shape index (κ1) is 9.90. The first-order valence-corrected chi connectivity index (χ1v) is 4.36. The van der Waals surface area contributed by atoms with Gasteiger partial charge < -0.3 is 0 Å².